The molecule has 0 fully saturated rings. The topological polar surface area (TPSA) is 29.1 Å². The molecule has 0 radical (unpaired) electrons. The fraction of sp³-hybridized carbons (Fsp3) is 0.133. The molecule has 0 unspecified atom stereocenters. The molecule has 1 N–H and O–H groups in total. The number of para-hydroxylation sites is 1. The Morgan fingerprint density at radius 2 is 1.42 bits per heavy atom. The zero-order valence-electron chi connectivity index (χ0n) is 10.1. The molecule has 0 aliphatic heterocycles. The summed E-state index contributed by atoms with van der Waals surface area (Å²) < 4.78 is 0. The number of nitrogens with one attached hydrogen (secondary N) is 1. The van der Waals surface area contributed by atoms with Crippen molar-refractivity contribution >= 4 is 43.5 Å². The Morgan fingerprint density at radius 3 is 2.00 bits per heavy atom. The molecule has 98 valence electrons. The van der Waals surface area contributed by atoms with Gasteiger partial charge in [0, 0.05) is 5.69 Å². The summed E-state index contributed by atoms with van der Waals surface area (Å²) in [5, 5.41) is 2.88. The predicted octanol–water partition coefficient (Wildman–Crippen LogP) is 4.52. The molecular formula is C15H13Br2NO. The lowest BCUT2D eigenvalue weighted by Crippen LogP contribution is -2.26. The van der Waals surface area contributed by atoms with E-state index in [4.69, 9.17) is 0 Å². The minimum Gasteiger partial charge on any atom is -0.325 e. The van der Waals surface area contributed by atoms with E-state index < -0.39 is 0 Å². The largest absolute Gasteiger partial charge is 0.325 e. The third kappa shape index (κ3) is 3.91. The van der Waals surface area contributed by atoms with E-state index in [1.165, 1.54) is 0 Å². The molecule has 0 spiro atoms. The van der Waals surface area contributed by atoms with Crippen LogP contribution in [0.25, 0.3) is 0 Å². The van der Waals surface area contributed by atoms with E-state index in [-0.39, 0.29) is 15.6 Å². The summed E-state index contributed by atoms with van der Waals surface area (Å²) in [6.07, 6.45) is 0. The molecule has 19 heavy (non-hydrogen) atoms. The number of halogens is 2. The lowest BCUT2D eigenvalue weighted by atomic mass is 10.1. The Morgan fingerprint density at radius 1 is 0.895 bits per heavy atom. The summed E-state index contributed by atoms with van der Waals surface area (Å²) in [5.41, 5.74) is 1.86. The number of amides is 1. The molecule has 0 saturated heterocycles. The SMILES string of the molecule is O=C(Nc1ccccc1)[C@H](Br)[C@H](Br)c1ccccc1. The first-order chi connectivity index (χ1) is 9.18. The van der Waals surface area contributed by atoms with Gasteiger partial charge in [-0.15, -0.1) is 0 Å². The molecule has 2 aromatic rings. The standard InChI is InChI=1S/C15H13Br2NO/c16-13(11-7-3-1-4-8-11)14(17)15(19)18-12-9-5-2-6-10-12/h1-10,13-14H,(H,18,19)/t13-,14-/m1/s1. The first-order valence-corrected chi connectivity index (χ1v) is 7.70. The average Bonchev–Trinajstić information content (AvgIpc) is 2.47. The van der Waals surface area contributed by atoms with Crippen molar-refractivity contribution in [1.82, 2.24) is 0 Å². The van der Waals surface area contributed by atoms with E-state index in [2.05, 4.69) is 37.2 Å². The van der Waals surface area contributed by atoms with Gasteiger partial charge >= 0.3 is 0 Å². The van der Waals surface area contributed by atoms with Gasteiger partial charge in [-0.3, -0.25) is 4.79 Å². The van der Waals surface area contributed by atoms with Gasteiger partial charge in [-0.1, -0.05) is 80.4 Å². The summed E-state index contributed by atoms with van der Waals surface area (Å²) in [7, 11) is 0. The maximum Gasteiger partial charge on any atom is 0.239 e. The Kier molecular flexibility index (Phi) is 5.16. The summed E-state index contributed by atoms with van der Waals surface area (Å²) in [6, 6.07) is 19.3. The van der Waals surface area contributed by atoms with E-state index >= 15 is 0 Å². The summed E-state index contributed by atoms with van der Waals surface area (Å²) in [4.78, 5) is 11.7. The normalized spacial score (nSPS) is 13.6. The molecule has 0 saturated carbocycles. The van der Waals surface area contributed by atoms with Crippen LogP contribution in [0.2, 0.25) is 0 Å². The molecule has 2 aromatic carbocycles. The van der Waals surface area contributed by atoms with Crippen LogP contribution in [0.1, 0.15) is 10.4 Å². The number of benzene rings is 2. The Labute approximate surface area is 129 Å². The second-order valence-electron chi connectivity index (χ2n) is 4.07. The molecule has 0 bridgehead atoms. The number of carbonyl (C=O) groups is 1. The van der Waals surface area contributed by atoms with Crippen LogP contribution < -0.4 is 5.32 Å². The van der Waals surface area contributed by atoms with Crippen LogP contribution in [0.5, 0.6) is 0 Å². The Bertz CT molecular complexity index is 530. The third-order valence-electron chi connectivity index (χ3n) is 2.67. The molecule has 0 heterocycles. The van der Waals surface area contributed by atoms with E-state index in [1.807, 2.05) is 60.7 Å². The molecular weight excluding hydrogens is 370 g/mol. The summed E-state index contributed by atoms with van der Waals surface area (Å²) >= 11 is 7.00. The average molecular weight is 383 g/mol. The number of alkyl halides is 2. The van der Waals surface area contributed by atoms with Gasteiger partial charge in [0.15, 0.2) is 0 Å². The number of hydrogen-bond acceptors (Lipinski definition) is 1. The van der Waals surface area contributed by atoms with Crippen molar-refractivity contribution in [3.63, 3.8) is 0 Å². The maximum atomic E-state index is 12.1. The van der Waals surface area contributed by atoms with Crippen molar-refractivity contribution < 1.29 is 4.79 Å². The van der Waals surface area contributed by atoms with Crippen LogP contribution in [-0.2, 0) is 4.79 Å². The molecule has 2 atom stereocenters. The van der Waals surface area contributed by atoms with Crippen LogP contribution in [0, 0.1) is 0 Å². The van der Waals surface area contributed by atoms with Gasteiger partial charge in [0.1, 0.15) is 4.83 Å². The number of rotatable bonds is 4. The number of carbonyl (C=O) groups excluding carboxylic acids is 1. The monoisotopic (exact) mass is 381 g/mol. The predicted molar refractivity (Wildman–Crippen MR) is 85.9 cm³/mol. The molecule has 2 nitrogen and oxygen atoms in total. The first-order valence-electron chi connectivity index (χ1n) is 5.87. The van der Waals surface area contributed by atoms with Gasteiger partial charge in [-0.25, -0.2) is 0 Å². The van der Waals surface area contributed by atoms with Crippen molar-refractivity contribution in [1.29, 1.82) is 0 Å². The van der Waals surface area contributed by atoms with Crippen molar-refractivity contribution in [2.75, 3.05) is 5.32 Å². The van der Waals surface area contributed by atoms with Crippen molar-refractivity contribution in [2.45, 2.75) is 9.65 Å². The number of anilines is 1. The van der Waals surface area contributed by atoms with Gasteiger partial charge in [0.05, 0.1) is 4.83 Å². The highest BCUT2D eigenvalue weighted by Gasteiger charge is 2.24. The first kappa shape index (κ1) is 14.3. The van der Waals surface area contributed by atoms with Crippen LogP contribution in [-0.4, -0.2) is 10.7 Å². The van der Waals surface area contributed by atoms with Gasteiger partial charge in [-0.05, 0) is 17.7 Å². The zero-order chi connectivity index (χ0) is 13.7. The number of hydrogen-bond donors (Lipinski definition) is 1. The van der Waals surface area contributed by atoms with Gasteiger partial charge in [-0.2, -0.15) is 0 Å². The molecule has 0 aliphatic rings. The molecule has 4 heteroatoms. The molecule has 0 aromatic heterocycles. The van der Waals surface area contributed by atoms with Crippen molar-refractivity contribution in [3.05, 3.63) is 66.2 Å². The van der Waals surface area contributed by atoms with E-state index in [1.54, 1.807) is 0 Å². The fourth-order valence-corrected chi connectivity index (χ4v) is 2.64. The Hall–Kier alpha value is -1.13. The van der Waals surface area contributed by atoms with Gasteiger partial charge < -0.3 is 5.32 Å². The van der Waals surface area contributed by atoms with Gasteiger partial charge in [0.2, 0.25) is 5.91 Å². The van der Waals surface area contributed by atoms with Crippen molar-refractivity contribution in [3.8, 4) is 0 Å². The van der Waals surface area contributed by atoms with Crippen LogP contribution >= 0.6 is 31.9 Å². The van der Waals surface area contributed by atoms with Crippen LogP contribution in [0.4, 0.5) is 5.69 Å². The van der Waals surface area contributed by atoms with Crippen LogP contribution in [0.3, 0.4) is 0 Å². The Balaban J connectivity index is 2.03. The second kappa shape index (κ2) is 6.87. The summed E-state index contributed by atoms with van der Waals surface area (Å²) in [6.45, 7) is 0. The minimum atomic E-state index is -0.338. The summed E-state index contributed by atoms with van der Waals surface area (Å²) in [5.74, 6) is -0.0723. The fourth-order valence-electron chi connectivity index (χ4n) is 1.67. The second-order valence-corrected chi connectivity index (χ2v) is 6.04. The third-order valence-corrected chi connectivity index (χ3v) is 5.38. The highest BCUT2D eigenvalue weighted by Crippen LogP contribution is 2.31. The molecule has 0 aliphatic carbocycles. The highest BCUT2D eigenvalue weighted by molar-refractivity contribution is 9.12. The lowest BCUT2D eigenvalue weighted by molar-refractivity contribution is -0.115. The van der Waals surface area contributed by atoms with E-state index in [0.717, 1.165) is 11.3 Å². The zero-order valence-corrected chi connectivity index (χ0v) is 13.3. The highest BCUT2D eigenvalue weighted by atomic mass is 79.9. The maximum absolute atomic E-state index is 12.1. The van der Waals surface area contributed by atoms with Crippen molar-refractivity contribution in [2.24, 2.45) is 0 Å². The smallest absolute Gasteiger partial charge is 0.239 e. The van der Waals surface area contributed by atoms with E-state index in [0.29, 0.717) is 0 Å². The quantitative estimate of drug-likeness (QED) is 0.773. The molecule has 1 amide bonds. The van der Waals surface area contributed by atoms with Gasteiger partial charge in [0.25, 0.3) is 0 Å². The van der Waals surface area contributed by atoms with Crippen LogP contribution in [0.15, 0.2) is 60.7 Å². The van der Waals surface area contributed by atoms with E-state index in [9.17, 15) is 4.79 Å². The molecule has 2 rings (SSSR count). The lowest BCUT2D eigenvalue weighted by Gasteiger charge is -2.17. The minimum absolute atomic E-state index is 0.0718.